The fourth-order valence-electron chi connectivity index (χ4n) is 2.96. The number of ether oxygens (including phenoxy) is 1. The van der Waals surface area contributed by atoms with Gasteiger partial charge in [-0.3, -0.25) is 0 Å². The van der Waals surface area contributed by atoms with E-state index in [1.807, 2.05) is 0 Å². The summed E-state index contributed by atoms with van der Waals surface area (Å²) in [5.74, 6) is 0.517. The topological polar surface area (TPSA) is 65.2 Å². The van der Waals surface area contributed by atoms with Crippen molar-refractivity contribution in [1.29, 1.82) is 0 Å². The van der Waals surface area contributed by atoms with Crippen molar-refractivity contribution in [3.63, 3.8) is 0 Å². The molecule has 0 aromatic carbocycles. The van der Waals surface area contributed by atoms with Gasteiger partial charge in [-0.25, -0.2) is 4.79 Å². The fraction of sp³-hybridized carbons (Fsp3) is 0.800. The van der Waals surface area contributed by atoms with Crippen LogP contribution in [0.1, 0.15) is 64.0 Å². The third-order valence-electron chi connectivity index (χ3n) is 5.23. The molecule has 1 aromatic heterocycles. The van der Waals surface area contributed by atoms with Crippen molar-refractivity contribution in [2.75, 3.05) is 6.61 Å². The Kier molecular flexibility index (Phi) is 3.89. The molecule has 0 bridgehead atoms. The molecule has 1 heterocycles. The number of rotatable bonds is 4. The highest BCUT2D eigenvalue weighted by Crippen LogP contribution is 2.56. The zero-order valence-corrected chi connectivity index (χ0v) is 13.0. The van der Waals surface area contributed by atoms with Crippen LogP contribution in [0.2, 0.25) is 0 Å². The molecule has 5 nitrogen and oxygen atoms in total. The number of hydrogen-bond acceptors (Lipinski definition) is 5. The number of carbonyl (C=O) groups excluding carboxylic acids is 1. The normalized spacial score (nSPS) is 23.8. The lowest BCUT2D eigenvalue weighted by Gasteiger charge is -2.39. The number of hydrogen-bond donors (Lipinski definition) is 0. The van der Waals surface area contributed by atoms with Gasteiger partial charge in [-0.1, -0.05) is 32.9 Å². The minimum atomic E-state index is -0.544. The van der Waals surface area contributed by atoms with Gasteiger partial charge in [0.15, 0.2) is 5.82 Å². The Balaban J connectivity index is 2.07. The summed E-state index contributed by atoms with van der Waals surface area (Å²) in [6.07, 6.45) is 3.11. The average molecular weight is 280 g/mol. The Morgan fingerprint density at radius 2 is 2.10 bits per heavy atom. The molecule has 112 valence electrons. The zero-order chi connectivity index (χ0) is 15.0. The maximum Gasteiger partial charge on any atom is 0.397 e. The summed E-state index contributed by atoms with van der Waals surface area (Å²) in [5, 5.41) is 3.91. The molecule has 1 aromatic rings. The van der Waals surface area contributed by atoms with Gasteiger partial charge in [-0.15, -0.1) is 0 Å². The summed E-state index contributed by atoms with van der Waals surface area (Å²) >= 11 is 0. The van der Waals surface area contributed by atoms with E-state index in [1.54, 1.807) is 6.92 Å². The number of aromatic nitrogens is 2. The van der Waals surface area contributed by atoms with Crippen LogP contribution >= 0.6 is 0 Å². The third kappa shape index (κ3) is 2.58. The van der Waals surface area contributed by atoms with E-state index in [2.05, 4.69) is 37.8 Å². The molecule has 0 saturated heterocycles. The molecular formula is C15H24N2O3. The lowest BCUT2D eigenvalue weighted by Crippen LogP contribution is -2.32. The second kappa shape index (κ2) is 5.19. The van der Waals surface area contributed by atoms with E-state index in [0.29, 0.717) is 23.8 Å². The molecular weight excluding hydrogens is 256 g/mol. The van der Waals surface area contributed by atoms with Gasteiger partial charge in [0.05, 0.1) is 6.61 Å². The van der Waals surface area contributed by atoms with Crippen LogP contribution in [-0.2, 0) is 11.2 Å². The summed E-state index contributed by atoms with van der Waals surface area (Å²) in [6, 6.07) is 0. The molecule has 0 N–H and O–H groups in total. The van der Waals surface area contributed by atoms with E-state index in [9.17, 15) is 4.79 Å². The van der Waals surface area contributed by atoms with Crippen LogP contribution in [0.3, 0.4) is 0 Å². The molecule has 20 heavy (non-hydrogen) atoms. The van der Waals surface area contributed by atoms with E-state index >= 15 is 0 Å². The van der Waals surface area contributed by atoms with Crippen LogP contribution in [0, 0.1) is 16.7 Å². The predicted octanol–water partition coefficient (Wildman–Crippen LogP) is 3.25. The number of carbonyl (C=O) groups is 1. The van der Waals surface area contributed by atoms with Gasteiger partial charge in [0, 0.05) is 6.42 Å². The Bertz CT molecular complexity index is 491. The molecule has 5 heteroatoms. The highest BCUT2D eigenvalue weighted by molar-refractivity contribution is 5.83. The Morgan fingerprint density at radius 3 is 2.65 bits per heavy atom. The Hall–Kier alpha value is -1.39. The monoisotopic (exact) mass is 280 g/mol. The highest BCUT2D eigenvalue weighted by atomic mass is 16.6. The van der Waals surface area contributed by atoms with Crippen molar-refractivity contribution in [2.45, 2.75) is 53.9 Å². The van der Waals surface area contributed by atoms with Gasteiger partial charge in [-0.2, -0.15) is 4.98 Å². The Labute approximate surface area is 120 Å². The van der Waals surface area contributed by atoms with E-state index < -0.39 is 5.97 Å². The van der Waals surface area contributed by atoms with E-state index in [-0.39, 0.29) is 11.3 Å². The summed E-state index contributed by atoms with van der Waals surface area (Å²) in [4.78, 5) is 15.7. The SMILES string of the molecule is CCOC(=O)c1nc(C[C@@H]2CCC(C)(C)C2(C)C)no1. The van der Waals surface area contributed by atoms with Crippen LogP contribution in [0.4, 0.5) is 0 Å². The van der Waals surface area contributed by atoms with Crippen molar-refractivity contribution in [3.05, 3.63) is 11.7 Å². The molecule has 0 amide bonds. The van der Waals surface area contributed by atoms with Crippen molar-refractivity contribution in [2.24, 2.45) is 16.7 Å². The van der Waals surface area contributed by atoms with Gasteiger partial charge in [0.25, 0.3) is 0 Å². The van der Waals surface area contributed by atoms with Crippen LogP contribution < -0.4 is 0 Å². The standard InChI is InChI=1S/C15H24N2O3/c1-6-19-13(18)12-16-11(17-20-12)9-10-7-8-14(2,3)15(10,4)5/h10H,6-9H2,1-5H3/t10-/m0/s1. The molecule has 1 saturated carbocycles. The first-order chi connectivity index (χ1) is 9.28. The van der Waals surface area contributed by atoms with Gasteiger partial charge in [0.1, 0.15) is 0 Å². The van der Waals surface area contributed by atoms with E-state index in [4.69, 9.17) is 9.26 Å². The molecule has 2 rings (SSSR count). The maximum atomic E-state index is 11.5. The van der Waals surface area contributed by atoms with Crippen molar-refractivity contribution in [1.82, 2.24) is 10.1 Å². The van der Waals surface area contributed by atoms with Crippen molar-refractivity contribution < 1.29 is 14.1 Å². The lowest BCUT2D eigenvalue weighted by molar-refractivity contribution is 0.0470. The molecule has 0 unspecified atom stereocenters. The van der Waals surface area contributed by atoms with Gasteiger partial charge >= 0.3 is 11.9 Å². The first kappa shape index (κ1) is 15.0. The fourth-order valence-corrected chi connectivity index (χ4v) is 2.96. The largest absolute Gasteiger partial charge is 0.459 e. The van der Waals surface area contributed by atoms with E-state index in [1.165, 1.54) is 6.42 Å². The molecule has 1 aliphatic carbocycles. The first-order valence-corrected chi connectivity index (χ1v) is 7.27. The minimum Gasteiger partial charge on any atom is -0.459 e. The summed E-state index contributed by atoms with van der Waals surface area (Å²) < 4.78 is 9.82. The van der Waals surface area contributed by atoms with Gasteiger partial charge in [-0.05, 0) is 36.5 Å². The molecule has 0 aliphatic heterocycles. The number of esters is 1. The summed E-state index contributed by atoms with van der Waals surface area (Å²) in [6.45, 7) is 11.3. The molecule has 1 aliphatic rings. The third-order valence-corrected chi connectivity index (χ3v) is 5.23. The maximum absolute atomic E-state index is 11.5. The van der Waals surface area contributed by atoms with Crippen LogP contribution in [0.25, 0.3) is 0 Å². The molecule has 1 fully saturated rings. The average Bonchev–Trinajstić information content (AvgIpc) is 2.89. The lowest BCUT2D eigenvalue weighted by atomic mass is 9.66. The predicted molar refractivity (Wildman–Crippen MR) is 74.2 cm³/mol. The summed E-state index contributed by atoms with van der Waals surface area (Å²) in [5.41, 5.74) is 0.531. The minimum absolute atomic E-state index is 0.0445. The van der Waals surface area contributed by atoms with Gasteiger partial charge in [0.2, 0.25) is 0 Å². The second-order valence-electron chi connectivity index (χ2n) is 6.78. The smallest absolute Gasteiger partial charge is 0.397 e. The highest BCUT2D eigenvalue weighted by Gasteiger charge is 2.48. The molecule has 1 atom stereocenters. The Morgan fingerprint density at radius 1 is 1.40 bits per heavy atom. The second-order valence-corrected chi connectivity index (χ2v) is 6.78. The van der Waals surface area contributed by atoms with Crippen molar-refractivity contribution >= 4 is 5.97 Å². The number of nitrogens with zero attached hydrogens (tertiary/aromatic N) is 2. The van der Waals surface area contributed by atoms with Gasteiger partial charge < -0.3 is 9.26 Å². The van der Waals surface area contributed by atoms with Crippen LogP contribution in [0.5, 0.6) is 0 Å². The summed E-state index contributed by atoms with van der Waals surface area (Å²) in [7, 11) is 0. The molecule has 0 spiro atoms. The first-order valence-electron chi connectivity index (χ1n) is 7.27. The zero-order valence-electron chi connectivity index (χ0n) is 13.0. The van der Waals surface area contributed by atoms with Crippen LogP contribution in [0.15, 0.2) is 4.52 Å². The van der Waals surface area contributed by atoms with Crippen LogP contribution in [-0.4, -0.2) is 22.7 Å². The quantitative estimate of drug-likeness (QED) is 0.792. The van der Waals surface area contributed by atoms with Crippen molar-refractivity contribution in [3.8, 4) is 0 Å². The molecule has 0 radical (unpaired) electrons. The van der Waals surface area contributed by atoms with E-state index in [0.717, 1.165) is 12.8 Å².